The Kier molecular flexibility index (Phi) is 3.10. The molecule has 1 aromatic rings. The van der Waals surface area contributed by atoms with Crippen LogP contribution in [0.4, 0.5) is 8.78 Å². The summed E-state index contributed by atoms with van der Waals surface area (Å²) in [5.41, 5.74) is 0.00426. The highest BCUT2D eigenvalue weighted by Gasteiger charge is 2.16. The average Bonchev–Trinajstić information content (AvgIpc) is 2.17. The molecule has 0 amide bonds. The Hall–Kier alpha value is -1.54. The van der Waals surface area contributed by atoms with Crippen molar-refractivity contribution < 1.29 is 13.9 Å². The van der Waals surface area contributed by atoms with Crippen LogP contribution in [0.15, 0.2) is 6.07 Å². The van der Waals surface area contributed by atoms with E-state index in [0.717, 1.165) is 0 Å². The number of hydrogen-bond acceptors (Lipinski definition) is 3. The minimum Gasteiger partial charge on any atom is -0.390 e. The van der Waals surface area contributed by atoms with Crippen LogP contribution in [0.25, 0.3) is 0 Å². The van der Waals surface area contributed by atoms with Crippen LogP contribution in [0.3, 0.4) is 0 Å². The molecule has 5 heteroatoms. The molecule has 1 N–H and O–H groups in total. The van der Waals surface area contributed by atoms with E-state index in [0.29, 0.717) is 5.56 Å². The number of nitriles is 1. The van der Waals surface area contributed by atoms with Gasteiger partial charge >= 0.3 is 0 Å². The van der Waals surface area contributed by atoms with Crippen molar-refractivity contribution in [3.8, 4) is 6.07 Å². The summed E-state index contributed by atoms with van der Waals surface area (Å²) in [6, 6.07) is 2.95. The summed E-state index contributed by atoms with van der Waals surface area (Å²) >= 11 is 0. The zero-order valence-corrected chi connectivity index (χ0v) is 7.46. The van der Waals surface area contributed by atoms with Gasteiger partial charge in [0.1, 0.15) is 11.8 Å². The van der Waals surface area contributed by atoms with Gasteiger partial charge in [-0.25, -0.2) is 13.8 Å². The third-order valence-electron chi connectivity index (χ3n) is 1.82. The summed E-state index contributed by atoms with van der Waals surface area (Å²) in [7, 11) is 0. The van der Waals surface area contributed by atoms with Crippen molar-refractivity contribution >= 4 is 0 Å². The minimum absolute atomic E-state index is 0.0680. The zero-order valence-electron chi connectivity index (χ0n) is 7.46. The molecular weight excluding hydrogens is 190 g/mol. The molecule has 0 bridgehead atoms. The summed E-state index contributed by atoms with van der Waals surface area (Å²) in [6.07, 6.45) is -2.68. The van der Waals surface area contributed by atoms with E-state index in [1.54, 1.807) is 6.07 Å². The van der Waals surface area contributed by atoms with Crippen molar-refractivity contribution in [3.05, 3.63) is 28.6 Å². The Labute approximate surface area is 79.6 Å². The second kappa shape index (κ2) is 4.11. The predicted molar refractivity (Wildman–Crippen MR) is 44.6 cm³/mol. The first-order valence-electron chi connectivity index (χ1n) is 3.89. The van der Waals surface area contributed by atoms with E-state index in [2.05, 4.69) is 4.98 Å². The molecule has 0 aromatic carbocycles. The Morgan fingerprint density at radius 2 is 2.29 bits per heavy atom. The monoisotopic (exact) mass is 198 g/mol. The maximum atomic E-state index is 12.4. The van der Waals surface area contributed by atoms with Crippen LogP contribution in [0, 0.1) is 18.3 Å². The average molecular weight is 198 g/mol. The van der Waals surface area contributed by atoms with Gasteiger partial charge in [0.15, 0.2) is 0 Å². The number of nitrogens with zero attached hydrogens (tertiary/aromatic N) is 2. The normalized spacial score (nSPS) is 10.3. The fourth-order valence-corrected chi connectivity index (χ4v) is 1.10. The van der Waals surface area contributed by atoms with Gasteiger partial charge < -0.3 is 5.11 Å². The van der Waals surface area contributed by atoms with Gasteiger partial charge in [0.2, 0.25) is 0 Å². The van der Waals surface area contributed by atoms with Crippen molar-refractivity contribution in [1.29, 1.82) is 5.26 Å². The number of rotatable bonds is 2. The Balaban J connectivity index is 3.33. The Bertz CT molecular complexity index is 385. The summed E-state index contributed by atoms with van der Waals surface area (Å²) in [6.45, 7) is 0.938. The SMILES string of the molecule is Cc1cc(C(F)F)c(CO)nc1C#N. The summed E-state index contributed by atoms with van der Waals surface area (Å²) in [5.74, 6) is 0. The summed E-state index contributed by atoms with van der Waals surface area (Å²) in [5, 5.41) is 17.4. The maximum Gasteiger partial charge on any atom is 0.265 e. The van der Waals surface area contributed by atoms with E-state index in [-0.39, 0.29) is 17.0 Å². The molecule has 74 valence electrons. The van der Waals surface area contributed by atoms with Gasteiger partial charge in [0, 0.05) is 5.56 Å². The molecule has 14 heavy (non-hydrogen) atoms. The van der Waals surface area contributed by atoms with Crippen molar-refractivity contribution in [2.45, 2.75) is 20.0 Å². The molecule has 0 atom stereocenters. The third kappa shape index (κ3) is 1.86. The molecule has 0 saturated heterocycles. The van der Waals surface area contributed by atoms with Crippen LogP contribution in [0.5, 0.6) is 0 Å². The van der Waals surface area contributed by atoms with Gasteiger partial charge in [-0.3, -0.25) is 0 Å². The van der Waals surface area contributed by atoms with Crippen molar-refractivity contribution in [2.24, 2.45) is 0 Å². The highest BCUT2D eigenvalue weighted by molar-refractivity contribution is 5.36. The predicted octanol–water partition coefficient (Wildman–Crippen LogP) is 1.69. The lowest BCUT2D eigenvalue weighted by Gasteiger charge is -2.07. The molecular formula is C9H8F2N2O. The van der Waals surface area contributed by atoms with Crippen LogP contribution in [-0.4, -0.2) is 10.1 Å². The number of pyridine rings is 1. The molecule has 0 radical (unpaired) electrons. The zero-order chi connectivity index (χ0) is 10.7. The molecule has 0 saturated carbocycles. The molecule has 1 aromatic heterocycles. The quantitative estimate of drug-likeness (QED) is 0.786. The molecule has 0 aliphatic heterocycles. The van der Waals surface area contributed by atoms with E-state index < -0.39 is 13.0 Å². The van der Waals surface area contributed by atoms with E-state index in [1.807, 2.05) is 0 Å². The van der Waals surface area contributed by atoms with Crippen molar-refractivity contribution in [1.82, 2.24) is 4.98 Å². The fourth-order valence-electron chi connectivity index (χ4n) is 1.10. The lowest BCUT2D eigenvalue weighted by molar-refractivity contribution is 0.146. The first-order valence-corrected chi connectivity index (χ1v) is 3.89. The Morgan fingerprint density at radius 1 is 1.64 bits per heavy atom. The number of alkyl halides is 2. The standard InChI is InChI=1S/C9H8F2N2O/c1-5-2-6(9(10)11)8(4-14)13-7(5)3-12/h2,9,14H,4H2,1H3. The maximum absolute atomic E-state index is 12.4. The third-order valence-corrected chi connectivity index (χ3v) is 1.82. The first-order chi connectivity index (χ1) is 6.60. The first kappa shape index (κ1) is 10.5. The number of aryl methyl sites for hydroxylation is 1. The van der Waals surface area contributed by atoms with Crippen LogP contribution < -0.4 is 0 Å². The highest BCUT2D eigenvalue weighted by Crippen LogP contribution is 2.23. The van der Waals surface area contributed by atoms with E-state index in [9.17, 15) is 8.78 Å². The van der Waals surface area contributed by atoms with Crippen LogP contribution in [-0.2, 0) is 6.61 Å². The smallest absolute Gasteiger partial charge is 0.265 e. The van der Waals surface area contributed by atoms with Gasteiger partial charge in [-0.15, -0.1) is 0 Å². The summed E-state index contributed by atoms with van der Waals surface area (Å²) in [4.78, 5) is 3.64. The molecule has 0 fully saturated rings. The van der Waals surface area contributed by atoms with Gasteiger partial charge in [-0.2, -0.15) is 5.26 Å². The molecule has 0 aliphatic carbocycles. The van der Waals surface area contributed by atoms with Crippen molar-refractivity contribution in [3.63, 3.8) is 0 Å². The minimum atomic E-state index is -2.68. The van der Waals surface area contributed by atoms with Crippen molar-refractivity contribution in [2.75, 3.05) is 0 Å². The van der Waals surface area contributed by atoms with E-state index >= 15 is 0 Å². The van der Waals surface area contributed by atoms with Gasteiger partial charge in [-0.1, -0.05) is 0 Å². The lowest BCUT2D eigenvalue weighted by atomic mass is 10.1. The molecule has 1 heterocycles. The lowest BCUT2D eigenvalue weighted by Crippen LogP contribution is -2.02. The number of hydrogen-bond donors (Lipinski definition) is 1. The second-order valence-corrected chi connectivity index (χ2v) is 2.76. The summed E-state index contributed by atoms with van der Waals surface area (Å²) < 4.78 is 24.8. The van der Waals surface area contributed by atoms with E-state index in [1.165, 1.54) is 13.0 Å². The number of halogens is 2. The molecule has 3 nitrogen and oxygen atoms in total. The molecule has 0 unspecified atom stereocenters. The molecule has 0 aliphatic rings. The van der Waals surface area contributed by atoms with Crippen LogP contribution >= 0.6 is 0 Å². The largest absolute Gasteiger partial charge is 0.390 e. The second-order valence-electron chi connectivity index (χ2n) is 2.76. The number of aromatic nitrogens is 1. The topological polar surface area (TPSA) is 56.9 Å². The molecule has 0 spiro atoms. The highest BCUT2D eigenvalue weighted by atomic mass is 19.3. The van der Waals surface area contributed by atoms with Gasteiger partial charge in [-0.05, 0) is 18.6 Å². The Morgan fingerprint density at radius 3 is 2.71 bits per heavy atom. The fraction of sp³-hybridized carbons (Fsp3) is 0.333. The van der Waals surface area contributed by atoms with Crippen LogP contribution in [0.1, 0.15) is 28.9 Å². The number of aliphatic hydroxyl groups is 1. The van der Waals surface area contributed by atoms with E-state index in [4.69, 9.17) is 10.4 Å². The number of aliphatic hydroxyl groups excluding tert-OH is 1. The molecule has 1 rings (SSSR count). The van der Waals surface area contributed by atoms with Crippen LogP contribution in [0.2, 0.25) is 0 Å². The van der Waals surface area contributed by atoms with Gasteiger partial charge in [0.25, 0.3) is 6.43 Å². The van der Waals surface area contributed by atoms with Gasteiger partial charge in [0.05, 0.1) is 12.3 Å².